The molecule has 130 valence electrons. The van der Waals surface area contributed by atoms with E-state index >= 15 is 0 Å². The molecule has 1 N–H and O–H groups in total. The summed E-state index contributed by atoms with van der Waals surface area (Å²) < 4.78 is 10.6. The summed E-state index contributed by atoms with van der Waals surface area (Å²) in [6, 6.07) is 11.7. The predicted molar refractivity (Wildman–Crippen MR) is 95.1 cm³/mol. The third-order valence-electron chi connectivity index (χ3n) is 3.75. The molecule has 3 rings (SSSR count). The van der Waals surface area contributed by atoms with Crippen LogP contribution in [-0.2, 0) is 16.0 Å². The summed E-state index contributed by atoms with van der Waals surface area (Å²) in [5.74, 6) is 0.941. The first kappa shape index (κ1) is 17.3. The zero-order chi connectivity index (χ0) is 17.5. The number of nitrogens with zero attached hydrogens (tertiary/aromatic N) is 2. The van der Waals surface area contributed by atoms with E-state index in [-0.39, 0.29) is 18.4 Å². The van der Waals surface area contributed by atoms with Gasteiger partial charge in [0.25, 0.3) is 0 Å². The fraction of sp³-hybridized carbons (Fsp3) is 0.278. The van der Waals surface area contributed by atoms with E-state index in [2.05, 4.69) is 15.5 Å². The van der Waals surface area contributed by atoms with Crippen molar-refractivity contribution in [3.63, 3.8) is 0 Å². The number of hydrogen-bond acceptors (Lipinski definition) is 6. The van der Waals surface area contributed by atoms with Crippen molar-refractivity contribution in [2.45, 2.75) is 18.9 Å². The number of thiophene rings is 1. The van der Waals surface area contributed by atoms with Crippen LogP contribution in [0.2, 0.25) is 0 Å². The fourth-order valence-corrected chi connectivity index (χ4v) is 3.02. The number of aryl methyl sites for hydroxylation is 1. The Morgan fingerprint density at radius 2 is 2.16 bits per heavy atom. The van der Waals surface area contributed by atoms with Gasteiger partial charge in [-0.05, 0) is 17.0 Å². The van der Waals surface area contributed by atoms with E-state index in [1.54, 1.807) is 18.4 Å². The monoisotopic (exact) mass is 357 g/mol. The van der Waals surface area contributed by atoms with E-state index in [9.17, 15) is 4.79 Å². The molecule has 0 aliphatic carbocycles. The summed E-state index contributed by atoms with van der Waals surface area (Å²) in [5, 5.41) is 10.7. The molecular weight excluding hydrogens is 338 g/mol. The Labute approximate surface area is 149 Å². The average molecular weight is 357 g/mol. The number of carbonyl (C=O) groups is 1. The summed E-state index contributed by atoms with van der Waals surface area (Å²) in [4.78, 5) is 16.4. The average Bonchev–Trinajstić information content (AvgIpc) is 3.33. The Balaban J connectivity index is 1.46. The minimum atomic E-state index is -0.168. The van der Waals surface area contributed by atoms with Crippen molar-refractivity contribution in [3.05, 3.63) is 58.6 Å². The molecule has 7 heteroatoms. The number of nitrogens with one attached hydrogen (secondary N) is 1. The maximum atomic E-state index is 12.0. The molecule has 1 amide bonds. The normalized spacial score (nSPS) is 12.0. The number of carbonyl (C=O) groups excluding carboxylic acids is 1. The van der Waals surface area contributed by atoms with Crippen LogP contribution in [0.4, 0.5) is 0 Å². The molecule has 0 radical (unpaired) electrons. The van der Waals surface area contributed by atoms with Gasteiger partial charge in [-0.1, -0.05) is 35.5 Å². The Hall–Kier alpha value is -2.51. The van der Waals surface area contributed by atoms with Gasteiger partial charge in [0.15, 0.2) is 0 Å². The highest BCUT2D eigenvalue weighted by molar-refractivity contribution is 7.08. The maximum Gasteiger partial charge on any atom is 0.227 e. The molecule has 1 unspecified atom stereocenters. The third kappa shape index (κ3) is 4.74. The lowest BCUT2D eigenvalue weighted by atomic mass is 10.1. The summed E-state index contributed by atoms with van der Waals surface area (Å²) in [6.07, 6.45) is 0.529. The second-order valence-corrected chi connectivity index (χ2v) is 6.24. The van der Waals surface area contributed by atoms with Crippen LogP contribution in [0.3, 0.4) is 0 Å². The second-order valence-electron chi connectivity index (χ2n) is 5.46. The smallest absolute Gasteiger partial charge is 0.227 e. The van der Waals surface area contributed by atoms with Crippen LogP contribution in [0.1, 0.15) is 24.0 Å². The Morgan fingerprint density at radius 1 is 1.32 bits per heavy atom. The SMILES string of the molecule is COC(CNC(=O)CCc1nc(-c2ccsc2)no1)c1ccccc1. The molecule has 2 aromatic heterocycles. The summed E-state index contributed by atoms with van der Waals surface area (Å²) in [5.41, 5.74) is 1.96. The van der Waals surface area contributed by atoms with Crippen LogP contribution < -0.4 is 5.32 Å². The first-order valence-corrected chi connectivity index (χ1v) is 8.90. The molecule has 1 aromatic carbocycles. The number of rotatable bonds is 8. The summed E-state index contributed by atoms with van der Waals surface area (Å²) in [7, 11) is 1.63. The molecule has 6 nitrogen and oxygen atoms in total. The zero-order valence-corrected chi connectivity index (χ0v) is 14.7. The van der Waals surface area contributed by atoms with Gasteiger partial charge in [0.2, 0.25) is 17.6 Å². The lowest BCUT2D eigenvalue weighted by Crippen LogP contribution is -2.29. The minimum Gasteiger partial charge on any atom is -0.375 e. The predicted octanol–water partition coefficient (Wildman–Crippen LogP) is 3.23. The molecule has 3 aromatic rings. The molecular formula is C18H19N3O3S. The van der Waals surface area contributed by atoms with Crippen molar-refractivity contribution in [1.82, 2.24) is 15.5 Å². The highest BCUT2D eigenvalue weighted by Gasteiger charge is 2.14. The van der Waals surface area contributed by atoms with E-state index in [0.717, 1.165) is 11.1 Å². The fourth-order valence-electron chi connectivity index (χ4n) is 2.39. The number of ether oxygens (including phenoxy) is 1. The zero-order valence-electron chi connectivity index (χ0n) is 13.8. The highest BCUT2D eigenvalue weighted by Crippen LogP contribution is 2.19. The number of amides is 1. The number of methoxy groups -OCH3 is 1. The van der Waals surface area contributed by atoms with Crippen molar-refractivity contribution < 1.29 is 14.1 Å². The van der Waals surface area contributed by atoms with Gasteiger partial charge >= 0.3 is 0 Å². The first-order valence-electron chi connectivity index (χ1n) is 7.96. The van der Waals surface area contributed by atoms with Crippen molar-refractivity contribution in [1.29, 1.82) is 0 Å². The van der Waals surface area contributed by atoms with E-state index in [0.29, 0.717) is 24.7 Å². The minimum absolute atomic E-state index is 0.0757. The first-order chi connectivity index (χ1) is 12.3. The standard InChI is InChI=1S/C18H19N3O3S/c1-23-15(13-5-3-2-4-6-13)11-19-16(22)7-8-17-20-18(21-24-17)14-9-10-25-12-14/h2-6,9-10,12,15H,7-8,11H2,1H3,(H,19,22). The van der Waals surface area contributed by atoms with Gasteiger partial charge in [-0.3, -0.25) is 4.79 Å². The largest absolute Gasteiger partial charge is 0.375 e. The summed E-state index contributed by atoms with van der Waals surface area (Å²) >= 11 is 1.57. The molecule has 0 saturated carbocycles. The quantitative estimate of drug-likeness (QED) is 0.670. The van der Waals surface area contributed by atoms with Gasteiger partial charge < -0.3 is 14.6 Å². The van der Waals surface area contributed by atoms with Gasteiger partial charge in [0.05, 0.1) is 6.10 Å². The molecule has 2 heterocycles. The molecule has 1 atom stereocenters. The van der Waals surface area contributed by atoms with Crippen molar-refractivity contribution >= 4 is 17.2 Å². The Kier molecular flexibility index (Phi) is 5.92. The lowest BCUT2D eigenvalue weighted by molar-refractivity contribution is -0.121. The van der Waals surface area contributed by atoms with Crippen molar-refractivity contribution in [2.24, 2.45) is 0 Å². The van der Waals surface area contributed by atoms with Crippen LogP contribution >= 0.6 is 11.3 Å². The number of aromatic nitrogens is 2. The van der Waals surface area contributed by atoms with E-state index in [4.69, 9.17) is 9.26 Å². The van der Waals surface area contributed by atoms with Crippen LogP contribution in [-0.4, -0.2) is 29.7 Å². The van der Waals surface area contributed by atoms with Crippen molar-refractivity contribution in [3.8, 4) is 11.4 Å². The molecule has 0 fully saturated rings. The molecule has 0 aliphatic heterocycles. The van der Waals surface area contributed by atoms with Gasteiger partial charge in [-0.2, -0.15) is 16.3 Å². The molecule has 0 bridgehead atoms. The highest BCUT2D eigenvalue weighted by atomic mass is 32.1. The third-order valence-corrected chi connectivity index (χ3v) is 4.44. The van der Waals surface area contributed by atoms with E-state index in [1.165, 1.54) is 0 Å². The second kappa shape index (κ2) is 8.55. The van der Waals surface area contributed by atoms with Gasteiger partial charge in [-0.15, -0.1) is 0 Å². The molecule has 0 aliphatic rings. The van der Waals surface area contributed by atoms with Gasteiger partial charge in [0, 0.05) is 37.4 Å². The van der Waals surface area contributed by atoms with Crippen LogP contribution in [0.15, 0.2) is 51.7 Å². The van der Waals surface area contributed by atoms with Crippen LogP contribution in [0.5, 0.6) is 0 Å². The van der Waals surface area contributed by atoms with Crippen molar-refractivity contribution in [2.75, 3.05) is 13.7 Å². The Morgan fingerprint density at radius 3 is 2.88 bits per heavy atom. The number of benzene rings is 1. The summed E-state index contributed by atoms with van der Waals surface area (Å²) in [6.45, 7) is 0.420. The Bertz CT molecular complexity index is 787. The van der Waals surface area contributed by atoms with Gasteiger partial charge in [0.1, 0.15) is 0 Å². The van der Waals surface area contributed by atoms with Gasteiger partial charge in [-0.25, -0.2) is 0 Å². The van der Waals surface area contributed by atoms with E-state index < -0.39 is 0 Å². The lowest BCUT2D eigenvalue weighted by Gasteiger charge is -2.16. The maximum absolute atomic E-state index is 12.0. The van der Waals surface area contributed by atoms with Crippen LogP contribution in [0.25, 0.3) is 11.4 Å². The number of hydrogen-bond donors (Lipinski definition) is 1. The molecule has 0 spiro atoms. The topological polar surface area (TPSA) is 77.2 Å². The van der Waals surface area contributed by atoms with E-state index in [1.807, 2.05) is 47.2 Å². The molecule has 25 heavy (non-hydrogen) atoms. The van der Waals surface area contributed by atoms with Crippen LogP contribution in [0, 0.1) is 0 Å². The molecule has 0 saturated heterocycles.